The van der Waals surface area contributed by atoms with Gasteiger partial charge in [0, 0.05) is 14.1 Å². The predicted molar refractivity (Wildman–Crippen MR) is 90.7 cm³/mol. The van der Waals surface area contributed by atoms with E-state index in [-0.39, 0.29) is 33.6 Å². The Labute approximate surface area is 152 Å². The summed E-state index contributed by atoms with van der Waals surface area (Å²) in [5.41, 5.74) is 0.846. The van der Waals surface area contributed by atoms with Crippen molar-refractivity contribution in [1.82, 2.24) is 9.80 Å². The lowest BCUT2D eigenvalue weighted by Crippen LogP contribution is -2.24. The molecular weight excluding hydrogens is 352 g/mol. The smallest absolute Gasteiger partial charge is 0.343 e. The first-order chi connectivity index (χ1) is 12.8. The Morgan fingerprint density at radius 1 is 0.704 bits per heavy atom. The Bertz CT molecular complexity index is 1090. The molecule has 4 rings (SSSR count). The minimum atomic E-state index is -0.752. The van der Waals surface area contributed by atoms with Gasteiger partial charge in [-0.2, -0.15) is 0 Å². The lowest BCUT2D eigenvalue weighted by molar-refractivity contribution is 0.0677. The van der Waals surface area contributed by atoms with Crippen LogP contribution in [0.15, 0.2) is 36.4 Å². The first-order valence-corrected chi connectivity index (χ1v) is 7.94. The van der Waals surface area contributed by atoms with Crippen LogP contribution in [0.5, 0.6) is 5.75 Å². The summed E-state index contributed by atoms with van der Waals surface area (Å²) in [7, 11) is 2.73. The summed E-state index contributed by atoms with van der Waals surface area (Å²) in [6.07, 6.45) is 0. The fraction of sp³-hybridized carbons (Fsp3) is 0.105. The molecule has 0 spiro atoms. The van der Waals surface area contributed by atoms with Crippen molar-refractivity contribution in [2.45, 2.75) is 0 Å². The molecule has 2 aromatic carbocycles. The summed E-state index contributed by atoms with van der Waals surface area (Å²) in [5, 5.41) is 0. The number of ether oxygens (including phenoxy) is 1. The molecule has 0 radical (unpaired) electrons. The number of amides is 4. The average molecular weight is 364 g/mol. The van der Waals surface area contributed by atoms with Gasteiger partial charge in [0.25, 0.3) is 23.6 Å². The molecule has 2 aliphatic rings. The van der Waals surface area contributed by atoms with Gasteiger partial charge in [0.05, 0.1) is 27.8 Å². The van der Waals surface area contributed by atoms with Gasteiger partial charge in [-0.3, -0.25) is 29.0 Å². The molecule has 0 atom stereocenters. The zero-order valence-electron chi connectivity index (χ0n) is 14.3. The second-order valence-corrected chi connectivity index (χ2v) is 6.20. The maximum Gasteiger partial charge on any atom is 0.343 e. The molecule has 27 heavy (non-hydrogen) atoms. The van der Waals surface area contributed by atoms with E-state index in [4.69, 9.17) is 4.74 Å². The molecule has 2 heterocycles. The van der Waals surface area contributed by atoms with Gasteiger partial charge in [0.1, 0.15) is 5.75 Å². The van der Waals surface area contributed by atoms with Crippen molar-refractivity contribution < 1.29 is 28.7 Å². The number of hydrogen-bond acceptors (Lipinski definition) is 6. The number of benzene rings is 2. The number of rotatable bonds is 2. The summed E-state index contributed by atoms with van der Waals surface area (Å²) in [6.45, 7) is 0. The highest BCUT2D eigenvalue weighted by Gasteiger charge is 2.34. The first-order valence-electron chi connectivity index (χ1n) is 7.94. The van der Waals surface area contributed by atoms with Crippen molar-refractivity contribution in [2.75, 3.05) is 14.1 Å². The zero-order chi connectivity index (χ0) is 19.5. The molecule has 0 unspecified atom stereocenters. The molecule has 0 saturated heterocycles. The van der Waals surface area contributed by atoms with Crippen LogP contribution in [-0.4, -0.2) is 53.5 Å². The Morgan fingerprint density at radius 3 is 1.78 bits per heavy atom. The van der Waals surface area contributed by atoms with Gasteiger partial charge in [-0.25, -0.2) is 4.79 Å². The van der Waals surface area contributed by atoms with Crippen LogP contribution in [0.4, 0.5) is 0 Å². The number of carbonyl (C=O) groups excluding carboxylic acids is 5. The average Bonchev–Trinajstić information content (AvgIpc) is 3.02. The summed E-state index contributed by atoms with van der Waals surface area (Å²) in [6, 6.07) is 8.25. The zero-order valence-corrected chi connectivity index (χ0v) is 14.3. The molecule has 0 N–H and O–H groups in total. The summed E-state index contributed by atoms with van der Waals surface area (Å²) >= 11 is 0. The number of hydrogen-bond donors (Lipinski definition) is 0. The number of esters is 1. The molecule has 0 aliphatic carbocycles. The van der Waals surface area contributed by atoms with E-state index in [2.05, 4.69) is 0 Å². The Morgan fingerprint density at radius 2 is 1.19 bits per heavy atom. The van der Waals surface area contributed by atoms with Crippen LogP contribution in [0.2, 0.25) is 0 Å². The van der Waals surface area contributed by atoms with Crippen LogP contribution < -0.4 is 4.74 Å². The molecule has 0 bridgehead atoms. The number of fused-ring (bicyclic) bond motifs is 2. The summed E-state index contributed by atoms with van der Waals surface area (Å²) in [4.78, 5) is 62.2. The Balaban J connectivity index is 1.62. The lowest BCUT2D eigenvalue weighted by atomic mass is 10.1. The molecule has 134 valence electrons. The van der Waals surface area contributed by atoms with Crippen molar-refractivity contribution >= 4 is 29.6 Å². The molecular formula is C19H12N2O6. The Kier molecular flexibility index (Phi) is 3.45. The molecule has 8 nitrogen and oxygen atoms in total. The topological polar surface area (TPSA) is 101 Å². The van der Waals surface area contributed by atoms with Crippen LogP contribution in [0.1, 0.15) is 51.8 Å². The standard InChI is InChI=1S/C19H12N2O6/c1-20-15(22)11-5-3-9(7-13(11)17(20)24)19(26)27-10-4-6-12-14(8-10)18(25)21(2)16(12)23/h3-8H,1-2H3. The van der Waals surface area contributed by atoms with E-state index in [1.54, 1.807) is 0 Å². The van der Waals surface area contributed by atoms with Crippen molar-refractivity contribution in [3.05, 3.63) is 64.2 Å². The van der Waals surface area contributed by atoms with Crippen molar-refractivity contribution in [3.8, 4) is 5.75 Å². The molecule has 2 aliphatic heterocycles. The molecule has 0 fully saturated rings. The second-order valence-electron chi connectivity index (χ2n) is 6.20. The fourth-order valence-corrected chi connectivity index (χ4v) is 3.06. The van der Waals surface area contributed by atoms with E-state index in [9.17, 15) is 24.0 Å². The van der Waals surface area contributed by atoms with E-state index in [1.165, 1.54) is 50.5 Å². The SMILES string of the molecule is CN1C(=O)c2ccc(OC(=O)c3ccc4c(c3)C(=O)N(C)C4=O)cc2C1=O. The highest BCUT2D eigenvalue weighted by Crippen LogP contribution is 2.27. The quantitative estimate of drug-likeness (QED) is 0.453. The summed E-state index contributed by atoms with van der Waals surface area (Å²) < 4.78 is 5.26. The monoisotopic (exact) mass is 364 g/mol. The van der Waals surface area contributed by atoms with Crippen LogP contribution >= 0.6 is 0 Å². The fourth-order valence-electron chi connectivity index (χ4n) is 3.06. The van der Waals surface area contributed by atoms with Crippen molar-refractivity contribution in [2.24, 2.45) is 0 Å². The maximum absolute atomic E-state index is 12.4. The third-order valence-corrected chi connectivity index (χ3v) is 4.60. The van der Waals surface area contributed by atoms with Crippen LogP contribution in [0.25, 0.3) is 0 Å². The number of nitrogens with zero attached hydrogens (tertiary/aromatic N) is 2. The first kappa shape index (κ1) is 16.6. The van der Waals surface area contributed by atoms with E-state index >= 15 is 0 Å². The molecule has 0 saturated carbocycles. The van der Waals surface area contributed by atoms with Gasteiger partial charge in [-0.15, -0.1) is 0 Å². The van der Waals surface area contributed by atoms with Gasteiger partial charge in [0.2, 0.25) is 0 Å². The van der Waals surface area contributed by atoms with Crippen molar-refractivity contribution in [1.29, 1.82) is 0 Å². The highest BCUT2D eigenvalue weighted by atomic mass is 16.5. The minimum absolute atomic E-state index is 0.0882. The number of imide groups is 2. The molecule has 4 amide bonds. The van der Waals surface area contributed by atoms with Gasteiger partial charge < -0.3 is 4.74 Å². The molecule has 2 aromatic rings. The minimum Gasteiger partial charge on any atom is -0.423 e. The van der Waals surface area contributed by atoms with E-state index < -0.39 is 29.6 Å². The van der Waals surface area contributed by atoms with E-state index in [0.29, 0.717) is 0 Å². The summed E-state index contributed by atoms with van der Waals surface area (Å²) in [5.74, 6) is -2.47. The third-order valence-electron chi connectivity index (χ3n) is 4.60. The van der Waals surface area contributed by atoms with Crippen LogP contribution in [0.3, 0.4) is 0 Å². The van der Waals surface area contributed by atoms with E-state index in [0.717, 1.165) is 9.80 Å². The van der Waals surface area contributed by atoms with Gasteiger partial charge in [0.15, 0.2) is 0 Å². The lowest BCUT2D eigenvalue weighted by Gasteiger charge is -2.06. The normalized spacial score (nSPS) is 15.3. The molecule has 8 heteroatoms. The van der Waals surface area contributed by atoms with Crippen molar-refractivity contribution in [3.63, 3.8) is 0 Å². The van der Waals surface area contributed by atoms with Crippen LogP contribution in [-0.2, 0) is 0 Å². The van der Waals surface area contributed by atoms with Gasteiger partial charge in [-0.05, 0) is 36.4 Å². The Hall–Kier alpha value is -3.81. The molecule has 0 aromatic heterocycles. The third kappa shape index (κ3) is 2.34. The predicted octanol–water partition coefficient (Wildman–Crippen LogP) is 1.36. The number of carbonyl (C=O) groups is 5. The largest absolute Gasteiger partial charge is 0.423 e. The van der Waals surface area contributed by atoms with Gasteiger partial charge >= 0.3 is 5.97 Å². The highest BCUT2D eigenvalue weighted by molar-refractivity contribution is 6.22. The van der Waals surface area contributed by atoms with Gasteiger partial charge in [-0.1, -0.05) is 0 Å². The second kappa shape index (κ2) is 5.60. The maximum atomic E-state index is 12.4. The van der Waals surface area contributed by atoms with Crippen LogP contribution in [0, 0.1) is 0 Å². The van der Waals surface area contributed by atoms with E-state index in [1.807, 2.05) is 0 Å².